The fourth-order valence-electron chi connectivity index (χ4n) is 2.79. The number of hydrogen-bond donors (Lipinski definition) is 0. The minimum atomic E-state index is -0.328. The van der Waals surface area contributed by atoms with Gasteiger partial charge in [-0.15, -0.1) is 0 Å². The first-order valence-corrected chi connectivity index (χ1v) is 4.52. The second-order valence-corrected chi connectivity index (χ2v) is 4.71. The molecule has 0 spiro atoms. The summed E-state index contributed by atoms with van der Waals surface area (Å²) in [6.07, 6.45) is 1.80. The molecule has 0 N–H and O–H groups in total. The van der Waals surface area contributed by atoms with Gasteiger partial charge < -0.3 is 0 Å². The molecular formula is C10H14O2. The molecule has 0 aromatic carbocycles. The second-order valence-electron chi connectivity index (χ2n) is 4.71. The van der Waals surface area contributed by atoms with Crippen LogP contribution in [0.2, 0.25) is 0 Å². The molecule has 0 aromatic heterocycles. The molecule has 2 atom stereocenters. The highest BCUT2D eigenvalue weighted by Crippen LogP contribution is 2.60. The van der Waals surface area contributed by atoms with E-state index in [1.807, 2.05) is 20.8 Å². The molecule has 2 bridgehead atoms. The standard InChI is InChI=1S/C10H14O2/c1-6-9(2)4-5-10(6,3)8(12)7(9)11/h6H,4-5H2,1-3H3. The normalized spacial score (nSPS) is 52.1. The summed E-state index contributed by atoms with van der Waals surface area (Å²) in [4.78, 5) is 23.1. The van der Waals surface area contributed by atoms with E-state index in [0.717, 1.165) is 12.8 Å². The SMILES string of the molecule is CC1C2(C)CCC1(C)C(=O)C2=O. The first kappa shape index (κ1) is 7.96. The lowest BCUT2D eigenvalue weighted by atomic mass is 9.80. The van der Waals surface area contributed by atoms with E-state index >= 15 is 0 Å². The largest absolute Gasteiger partial charge is 0.290 e. The Morgan fingerprint density at radius 1 is 1.08 bits per heavy atom. The van der Waals surface area contributed by atoms with Crippen LogP contribution in [-0.4, -0.2) is 11.6 Å². The van der Waals surface area contributed by atoms with Crippen molar-refractivity contribution in [1.29, 1.82) is 0 Å². The summed E-state index contributed by atoms with van der Waals surface area (Å²) in [7, 11) is 0. The van der Waals surface area contributed by atoms with Crippen molar-refractivity contribution in [2.45, 2.75) is 33.6 Å². The van der Waals surface area contributed by atoms with Crippen LogP contribution in [0.25, 0.3) is 0 Å². The van der Waals surface area contributed by atoms with Crippen LogP contribution in [0.15, 0.2) is 0 Å². The molecule has 2 aliphatic rings. The van der Waals surface area contributed by atoms with Crippen molar-refractivity contribution in [3.8, 4) is 0 Å². The molecule has 66 valence electrons. The highest BCUT2D eigenvalue weighted by Gasteiger charge is 2.66. The second kappa shape index (κ2) is 1.81. The number of Topliss-reactive ketones (excluding diaryl/α,β-unsaturated/α-hetero) is 2. The van der Waals surface area contributed by atoms with E-state index in [1.165, 1.54) is 0 Å². The molecule has 2 nitrogen and oxygen atoms in total. The Morgan fingerprint density at radius 3 is 1.58 bits per heavy atom. The molecule has 2 aliphatic carbocycles. The smallest absolute Gasteiger partial charge is 0.205 e. The van der Waals surface area contributed by atoms with Gasteiger partial charge in [-0.2, -0.15) is 0 Å². The van der Waals surface area contributed by atoms with Crippen molar-refractivity contribution in [3.05, 3.63) is 0 Å². The first-order valence-electron chi connectivity index (χ1n) is 4.52. The molecule has 2 fully saturated rings. The van der Waals surface area contributed by atoms with Crippen LogP contribution in [0.3, 0.4) is 0 Å². The monoisotopic (exact) mass is 166 g/mol. The molecular weight excluding hydrogens is 152 g/mol. The predicted molar refractivity (Wildman–Crippen MR) is 44.6 cm³/mol. The third-order valence-corrected chi connectivity index (χ3v) is 4.32. The number of hydrogen-bond acceptors (Lipinski definition) is 2. The summed E-state index contributed by atoms with van der Waals surface area (Å²) in [5.74, 6) is -0.00231. The quantitative estimate of drug-likeness (QED) is 0.512. The van der Waals surface area contributed by atoms with Gasteiger partial charge in [-0.1, -0.05) is 20.8 Å². The lowest BCUT2D eigenvalue weighted by Gasteiger charge is -2.21. The average molecular weight is 166 g/mol. The lowest BCUT2D eigenvalue weighted by molar-refractivity contribution is -0.143. The molecule has 0 amide bonds. The third kappa shape index (κ3) is 0.551. The summed E-state index contributed by atoms with van der Waals surface area (Å²) >= 11 is 0. The fraction of sp³-hybridized carbons (Fsp3) is 0.800. The highest BCUT2D eigenvalue weighted by molar-refractivity contribution is 6.44. The topological polar surface area (TPSA) is 34.1 Å². The van der Waals surface area contributed by atoms with Crippen molar-refractivity contribution in [2.24, 2.45) is 16.7 Å². The van der Waals surface area contributed by atoms with Gasteiger partial charge in [0.15, 0.2) is 0 Å². The number of ketones is 2. The van der Waals surface area contributed by atoms with E-state index in [4.69, 9.17) is 0 Å². The van der Waals surface area contributed by atoms with Gasteiger partial charge in [-0.05, 0) is 18.8 Å². The van der Waals surface area contributed by atoms with Gasteiger partial charge >= 0.3 is 0 Å². The molecule has 0 aliphatic heterocycles. The molecule has 0 radical (unpaired) electrons. The van der Waals surface area contributed by atoms with Gasteiger partial charge in [-0.3, -0.25) is 9.59 Å². The first-order chi connectivity index (χ1) is 5.43. The van der Waals surface area contributed by atoms with Crippen LogP contribution in [0.1, 0.15) is 33.6 Å². The van der Waals surface area contributed by atoms with E-state index in [9.17, 15) is 9.59 Å². The highest BCUT2D eigenvalue weighted by atomic mass is 16.2. The Labute approximate surface area is 72.3 Å². The maximum Gasteiger partial charge on any atom is 0.205 e. The molecule has 2 unspecified atom stereocenters. The van der Waals surface area contributed by atoms with Crippen molar-refractivity contribution in [3.63, 3.8) is 0 Å². The van der Waals surface area contributed by atoms with Crippen LogP contribution in [0.5, 0.6) is 0 Å². The zero-order valence-electron chi connectivity index (χ0n) is 7.81. The number of fused-ring (bicyclic) bond motifs is 2. The van der Waals surface area contributed by atoms with Crippen molar-refractivity contribution < 1.29 is 9.59 Å². The van der Waals surface area contributed by atoms with E-state index in [2.05, 4.69) is 0 Å². The van der Waals surface area contributed by atoms with Crippen LogP contribution >= 0.6 is 0 Å². The molecule has 2 rings (SSSR count). The number of carbonyl (C=O) groups is 2. The zero-order chi connectivity index (χ0) is 9.15. The van der Waals surface area contributed by atoms with Gasteiger partial charge in [0.25, 0.3) is 0 Å². The molecule has 0 saturated heterocycles. The molecule has 2 saturated carbocycles. The Balaban J connectivity index is 2.57. The van der Waals surface area contributed by atoms with Gasteiger partial charge in [-0.25, -0.2) is 0 Å². The van der Waals surface area contributed by atoms with E-state index in [1.54, 1.807) is 0 Å². The third-order valence-electron chi connectivity index (χ3n) is 4.32. The Morgan fingerprint density at radius 2 is 1.42 bits per heavy atom. The van der Waals surface area contributed by atoms with Crippen molar-refractivity contribution >= 4 is 11.6 Å². The average Bonchev–Trinajstić information content (AvgIpc) is 2.33. The minimum absolute atomic E-state index is 0.122. The van der Waals surface area contributed by atoms with Crippen LogP contribution in [-0.2, 0) is 9.59 Å². The van der Waals surface area contributed by atoms with Crippen molar-refractivity contribution in [2.75, 3.05) is 0 Å². The van der Waals surface area contributed by atoms with Crippen LogP contribution in [0.4, 0.5) is 0 Å². The van der Waals surface area contributed by atoms with Gasteiger partial charge in [0.05, 0.1) is 0 Å². The lowest BCUT2D eigenvalue weighted by Crippen LogP contribution is -2.32. The van der Waals surface area contributed by atoms with Crippen molar-refractivity contribution in [1.82, 2.24) is 0 Å². The fourth-order valence-corrected chi connectivity index (χ4v) is 2.79. The maximum absolute atomic E-state index is 11.6. The molecule has 0 heterocycles. The van der Waals surface area contributed by atoms with E-state index < -0.39 is 0 Å². The Hall–Kier alpha value is -0.660. The van der Waals surface area contributed by atoms with E-state index in [0.29, 0.717) is 0 Å². The Bertz CT molecular complexity index is 254. The molecule has 0 aromatic rings. The van der Waals surface area contributed by atoms with Gasteiger partial charge in [0, 0.05) is 10.8 Å². The summed E-state index contributed by atoms with van der Waals surface area (Å²) in [5, 5.41) is 0. The number of rotatable bonds is 0. The Kier molecular flexibility index (Phi) is 1.20. The van der Waals surface area contributed by atoms with Crippen LogP contribution in [0, 0.1) is 16.7 Å². The molecule has 12 heavy (non-hydrogen) atoms. The van der Waals surface area contributed by atoms with Crippen LogP contribution < -0.4 is 0 Å². The summed E-state index contributed by atoms with van der Waals surface area (Å²) in [6, 6.07) is 0. The maximum atomic E-state index is 11.6. The minimum Gasteiger partial charge on any atom is -0.290 e. The molecule has 2 heteroatoms. The zero-order valence-corrected chi connectivity index (χ0v) is 7.81. The number of carbonyl (C=O) groups excluding carboxylic acids is 2. The van der Waals surface area contributed by atoms with Gasteiger partial charge in [0.1, 0.15) is 0 Å². The van der Waals surface area contributed by atoms with Gasteiger partial charge in [0.2, 0.25) is 11.6 Å². The summed E-state index contributed by atoms with van der Waals surface area (Å²) in [6.45, 7) is 5.92. The summed E-state index contributed by atoms with van der Waals surface area (Å²) < 4.78 is 0. The van der Waals surface area contributed by atoms with E-state index in [-0.39, 0.29) is 28.3 Å². The predicted octanol–water partition coefficient (Wildman–Crippen LogP) is 1.58. The summed E-state index contributed by atoms with van der Waals surface area (Å²) in [5.41, 5.74) is -0.655.